The van der Waals surface area contributed by atoms with E-state index in [1.165, 1.54) is 0 Å². The predicted molar refractivity (Wildman–Crippen MR) is 76.4 cm³/mol. The molecule has 1 N–H and O–H groups in total. The fraction of sp³-hybridized carbons (Fsp3) is 0.571. The molecule has 1 amide bonds. The van der Waals surface area contributed by atoms with Gasteiger partial charge in [-0.25, -0.2) is 4.98 Å². The number of nitrogens with zero attached hydrogens (tertiary/aromatic N) is 3. The Labute approximate surface area is 114 Å². The average molecular weight is 262 g/mol. The lowest BCUT2D eigenvalue weighted by Crippen LogP contribution is -2.44. The Bertz CT molecular complexity index is 422. The summed E-state index contributed by atoms with van der Waals surface area (Å²) >= 11 is 0. The van der Waals surface area contributed by atoms with Gasteiger partial charge >= 0.3 is 0 Å². The van der Waals surface area contributed by atoms with Crippen molar-refractivity contribution in [2.45, 2.75) is 18.9 Å². The van der Waals surface area contributed by atoms with E-state index in [1.807, 2.05) is 24.1 Å². The molecular formula is C14H22N4O. The molecule has 5 heteroatoms. The molecule has 0 unspecified atom stereocenters. The number of carbonyl (C=O) groups is 1. The summed E-state index contributed by atoms with van der Waals surface area (Å²) in [5.41, 5.74) is 0.669. The number of rotatable bonds is 3. The third-order valence-corrected chi connectivity index (χ3v) is 3.75. The maximum Gasteiger partial charge on any atom is 0.255 e. The SMILES string of the molecule is CNc1ccc(C(=O)N2CCC(N(C)C)CC2)cn1. The van der Waals surface area contributed by atoms with Gasteiger partial charge < -0.3 is 15.1 Å². The summed E-state index contributed by atoms with van der Waals surface area (Å²) in [6.45, 7) is 1.66. The molecule has 19 heavy (non-hydrogen) atoms. The quantitative estimate of drug-likeness (QED) is 0.891. The monoisotopic (exact) mass is 262 g/mol. The van der Waals surface area contributed by atoms with Gasteiger partial charge in [-0.05, 0) is 39.1 Å². The van der Waals surface area contributed by atoms with E-state index in [1.54, 1.807) is 6.20 Å². The van der Waals surface area contributed by atoms with E-state index in [-0.39, 0.29) is 5.91 Å². The van der Waals surface area contributed by atoms with Crippen LogP contribution >= 0.6 is 0 Å². The third-order valence-electron chi connectivity index (χ3n) is 3.75. The third kappa shape index (κ3) is 3.23. The fourth-order valence-electron chi connectivity index (χ4n) is 2.44. The van der Waals surface area contributed by atoms with Gasteiger partial charge in [0, 0.05) is 32.4 Å². The highest BCUT2D eigenvalue weighted by Gasteiger charge is 2.24. The molecule has 1 aliphatic rings. The maximum atomic E-state index is 12.3. The Morgan fingerprint density at radius 1 is 1.37 bits per heavy atom. The molecule has 0 radical (unpaired) electrons. The molecule has 0 aromatic carbocycles. The van der Waals surface area contributed by atoms with Gasteiger partial charge in [0.05, 0.1) is 5.56 Å². The molecule has 1 saturated heterocycles. The lowest BCUT2D eigenvalue weighted by atomic mass is 10.0. The minimum atomic E-state index is 0.0901. The molecule has 0 bridgehead atoms. The number of pyridine rings is 1. The number of amides is 1. The summed E-state index contributed by atoms with van der Waals surface area (Å²) in [5.74, 6) is 0.871. The summed E-state index contributed by atoms with van der Waals surface area (Å²) in [5, 5.41) is 2.95. The Morgan fingerprint density at radius 2 is 2.05 bits per heavy atom. The largest absolute Gasteiger partial charge is 0.373 e. The van der Waals surface area contributed by atoms with Crippen LogP contribution in [0.3, 0.4) is 0 Å². The van der Waals surface area contributed by atoms with E-state index in [0.29, 0.717) is 11.6 Å². The zero-order valence-electron chi connectivity index (χ0n) is 11.9. The molecule has 1 aromatic rings. The van der Waals surface area contributed by atoms with Crippen molar-refractivity contribution in [3.05, 3.63) is 23.9 Å². The molecular weight excluding hydrogens is 240 g/mol. The second-order valence-electron chi connectivity index (χ2n) is 5.17. The molecule has 1 fully saturated rings. The van der Waals surface area contributed by atoms with Crippen LogP contribution in [0.25, 0.3) is 0 Å². The lowest BCUT2D eigenvalue weighted by Gasteiger charge is -2.35. The van der Waals surface area contributed by atoms with Crippen LogP contribution in [-0.4, -0.2) is 61.0 Å². The number of anilines is 1. The number of aromatic nitrogens is 1. The highest BCUT2D eigenvalue weighted by atomic mass is 16.2. The van der Waals surface area contributed by atoms with E-state index in [0.717, 1.165) is 31.7 Å². The number of nitrogens with one attached hydrogen (secondary N) is 1. The molecule has 0 spiro atoms. The van der Waals surface area contributed by atoms with Crippen LogP contribution in [0.5, 0.6) is 0 Å². The number of piperidine rings is 1. The highest BCUT2D eigenvalue weighted by molar-refractivity contribution is 5.94. The zero-order chi connectivity index (χ0) is 13.8. The van der Waals surface area contributed by atoms with Crippen molar-refractivity contribution in [2.24, 2.45) is 0 Å². The van der Waals surface area contributed by atoms with Gasteiger partial charge in [0.2, 0.25) is 0 Å². The normalized spacial score (nSPS) is 16.7. The van der Waals surface area contributed by atoms with Crippen molar-refractivity contribution in [2.75, 3.05) is 39.5 Å². The van der Waals surface area contributed by atoms with Gasteiger partial charge in [-0.15, -0.1) is 0 Å². The summed E-state index contributed by atoms with van der Waals surface area (Å²) < 4.78 is 0. The molecule has 0 aliphatic carbocycles. The van der Waals surface area contributed by atoms with Crippen LogP contribution in [0, 0.1) is 0 Å². The van der Waals surface area contributed by atoms with E-state index in [4.69, 9.17) is 0 Å². The Hall–Kier alpha value is -1.62. The molecule has 1 aliphatic heterocycles. The molecule has 2 heterocycles. The summed E-state index contributed by atoms with van der Waals surface area (Å²) in [6.07, 6.45) is 3.73. The Morgan fingerprint density at radius 3 is 2.53 bits per heavy atom. The van der Waals surface area contributed by atoms with Gasteiger partial charge in [-0.2, -0.15) is 0 Å². The standard InChI is InChI=1S/C14H22N4O/c1-15-13-5-4-11(10-16-13)14(19)18-8-6-12(7-9-18)17(2)3/h4-5,10,12H,6-9H2,1-3H3,(H,15,16). The predicted octanol–water partition coefficient (Wildman–Crippen LogP) is 1.29. The van der Waals surface area contributed by atoms with Crippen LogP contribution in [0.2, 0.25) is 0 Å². The van der Waals surface area contributed by atoms with Gasteiger partial charge in [-0.3, -0.25) is 4.79 Å². The van der Waals surface area contributed by atoms with E-state index in [2.05, 4.69) is 29.3 Å². The Balaban J connectivity index is 1.97. The second kappa shape index (κ2) is 6.02. The maximum absolute atomic E-state index is 12.3. The first kappa shape index (κ1) is 13.8. The van der Waals surface area contributed by atoms with Crippen molar-refractivity contribution in [3.63, 3.8) is 0 Å². The minimum Gasteiger partial charge on any atom is -0.373 e. The average Bonchev–Trinajstić information content (AvgIpc) is 2.46. The first-order valence-electron chi connectivity index (χ1n) is 6.71. The topological polar surface area (TPSA) is 48.5 Å². The van der Waals surface area contributed by atoms with Crippen molar-refractivity contribution < 1.29 is 4.79 Å². The molecule has 0 atom stereocenters. The smallest absolute Gasteiger partial charge is 0.255 e. The van der Waals surface area contributed by atoms with E-state index in [9.17, 15) is 4.79 Å². The zero-order valence-corrected chi connectivity index (χ0v) is 11.9. The number of carbonyl (C=O) groups excluding carboxylic acids is 1. The lowest BCUT2D eigenvalue weighted by molar-refractivity contribution is 0.0663. The molecule has 1 aromatic heterocycles. The second-order valence-corrected chi connectivity index (χ2v) is 5.17. The molecule has 0 saturated carbocycles. The van der Waals surface area contributed by atoms with Gasteiger partial charge in [-0.1, -0.05) is 0 Å². The molecule has 104 valence electrons. The van der Waals surface area contributed by atoms with Gasteiger partial charge in [0.1, 0.15) is 5.82 Å². The van der Waals surface area contributed by atoms with Gasteiger partial charge in [0.25, 0.3) is 5.91 Å². The van der Waals surface area contributed by atoms with Crippen molar-refractivity contribution in [1.29, 1.82) is 0 Å². The summed E-state index contributed by atoms with van der Waals surface area (Å²) in [7, 11) is 6.01. The van der Waals surface area contributed by atoms with Crippen molar-refractivity contribution >= 4 is 11.7 Å². The first-order chi connectivity index (χ1) is 9.11. The number of likely N-dealkylation sites (tertiary alicyclic amines) is 1. The fourth-order valence-corrected chi connectivity index (χ4v) is 2.44. The Kier molecular flexibility index (Phi) is 4.37. The van der Waals surface area contributed by atoms with Gasteiger partial charge in [0.15, 0.2) is 0 Å². The molecule has 2 rings (SSSR count). The number of hydrogen-bond donors (Lipinski definition) is 1. The first-order valence-corrected chi connectivity index (χ1v) is 6.71. The number of hydrogen-bond acceptors (Lipinski definition) is 4. The molecule has 5 nitrogen and oxygen atoms in total. The van der Waals surface area contributed by atoms with Crippen LogP contribution in [0.4, 0.5) is 5.82 Å². The van der Waals surface area contributed by atoms with Crippen molar-refractivity contribution in [1.82, 2.24) is 14.8 Å². The van der Waals surface area contributed by atoms with Crippen LogP contribution in [0.1, 0.15) is 23.2 Å². The highest BCUT2D eigenvalue weighted by Crippen LogP contribution is 2.16. The van der Waals surface area contributed by atoms with Crippen LogP contribution in [0.15, 0.2) is 18.3 Å². The summed E-state index contributed by atoms with van der Waals surface area (Å²) in [4.78, 5) is 20.7. The minimum absolute atomic E-state index is 0.0901. The van der Waals surface area contributed by atoms with E-state index >= 15 is 0 Å². The van der Waals surface area contributed by atoms with E-state index < -0.39 is 0 Å². The van der Waals surface area contributed by atoms with Crippen molar-refractivity contribution in [3.8, 4) is 0 Å². The van der Waals surface area contributed by atoms with Crippen LogP contribution < -0.4 is 5.32 Å². The van der Waals surface area contributed by atoms with Crippen LogP contribution in [-0.2, 0) is 0 Å². The summed E-state index contributed by atoms with van der Waals surface area (Å²) in [6, 6.07) is 4.26.